The lowest BCUT2D eigenvalue weighted by Crippen LogP contribution is -2.35. The van der Waals surface area contributed by atoms with Crippen molar-refractivity contribution < 1.29 is 0 Å². The number of fused-ring (bicyclic) bond motifs is 1. The van der Waals surface area contributed by atoms with E-state index < -0.39 is 0 Å². The molecule has 2 N–H and O–H groups in total. The molecule has 1 aromatic carbocycles. The zero-order chi connectivity index (χ0) is 14.7. The molecule has 0 aliphatic heterocycles. The molecule has 2 aromatic rings. The molecule has 0 amide bonds. The predicted molar refractivity (Wildman–Crippen MR) is 90.0 cm³/mol. The van der Waals surface area contributed by atoms with Crippen LogP contribution in [0, 0.1) is 0 Å². The average Bonchev–Trinajstić information content (AvgIpc) is 3.01. The van der Waals surface area contributed by atoms with Crippen molar-refractivity contribution in [1.29, 1.82) is 0 Å². The Balaban J connectivity index is 2.01. The standard InChI is InChI=1S/C17H22ClN3/c18-13-6-7-15-16(12-13)20-10-8-17(15)21(11-3-9-19)14-4-1-2-5-14/h6-8,10,12,14H,1-5,9,11,19H2. The summed E-state index contributed by atoms with van der Waals surface area (Å²) in [7, 11) is 0. The van der Waals surface area contributed by atoms with E-state index in [-0.39, 0.29) is 0 Å². The van der Waals surface area contributed by atoms with Gasteiger partial charge in [0.25, 0.3) is 0 Å². The van der Waals surface area contributed by atoms with Crippen LogP contribution in [0.1, 0.15) is 32.1 Å². The van der Waals surface area contributed by atoms with E-state index in [4.69, 9.17) is 17.3 Å². The summed E-state index contributed by atoms with van der Waals surface area (Å²) < 4.78 is 0. The number of rotatable bonds is 5. The lowest BCUT2D eigenvalue weighted by molar-refractivity contribution is 0.595. The third kappa shape index (κ3) is 3.14. The molecule has 0 spiro atoms. The quantitative estimate of drug-likeness (QED) is 0.908. The van der Waals surface area contributed by atoms with Crippen LogP contribution >= 0.6 is 11.6 Å². The first-order chi connectivity index (χ1) is 10.3. The van der Waals surface area contributed by atoms with E-state index in [1.165, 1.54) is 36.8 Å². The van der Waals surface area contributed by atoms with Crippen LogP contribution in [0.25, 0.3) is 10.9 Å². The Hall–Kier alpha value is -1.32. The Morgan fingerprint density at radius 3 is 2.81 bits per heavy atom. The summed E-state index contributed by atoms with van der Waals surface area (Å²) in [5.41, 5.74) is 7.97. The number of hydrogen-bond acceptors (Lipinski definition) is 3. The topological polar surface area (TPSA) is 42.1 Å². The molecule has 1 aliphatic carbocycles. The summed E-state index contributed by atoms with van der Waals surface area (Å²) in [6.07, 6.45) is 8.13. The molecule has 1 saturated carbocycles. The zero-order valence-corrected chi connectivity index (χ0v) is 13.0. The highest BCUT2D eigenvalue weighted by atomic mass is 35.5. The minimum Gasteiger partial charge on any atom is -0.368 e. The first kappa shape index (κ1) is 14.6. The maximum absolute atomic E-state index is 6.09. The Kier molecular flexibility index (Phi) is 4.61. The number of benzene rings is 1. The van der Waals surface area contributed by atoms with Crippen molar-refractivity contribution in [1.82, 2.24) is 4.98 Å². The molecular weight excluding hydrogens is 282 g/mol. The molecule has 0 atom stereocenters. The summed E-state index contributed by atoms with van der Waals surface area (Å²) in [4.78, 5) is 7.00. The summed E-state index contributed by atoms with van der Waals surface area (Å²) in [6, 6.07) is 8.74. The number of aromatic nitrogens is 1. The largest absolute Gasteiger partial charge is 0.368 e. The van der Waals surface area contributed by atoms with E-state index in [0.717, 1.165) is 30.0 Å². The minimum absolute atomic E-state index is 0.637. The third-order valence-electron chi connectivity index (χ3n) is 4.36. The van der Waals surface area contributed by atoms with Gasteiger partial charge in [0.15, 0.2) is 0 Å². The highest BCUT2D eigenvalue weighted by Gasteiger charge is 2.23. The SMILES string of the molecule is NCCCN(c1ccnc2cc(Cl)ccc12)C1CCCC1. The molecule has 1 aromatic heterocycles. The fraction of sp³-hybridized carbons (Fsp3) is 0.471. The van der Waals surface area contributed by atoms with E-state index in [0.29, 0.717) is 6.04 Å². The summed E-state index contributed by atoms with van der Waals surface area (Å²) in [5.74, 6) is 0. The number of pyridine rings is 1. The van der Waals surface area contributed by atoms with E-state index in [1.807, 2.05) is 18.3 Å². The molecule has 4 heteroatoms. The third-order valence-corrected chi connectivity index (χ3v) is 4.59. The van der Waals surface area contributed by atoms with Gasteiger partial charge in [-0.15, -0.1) is 0 Å². The van der Waals surface area contributed by atoms with Crippen molar-refractivity contribution in [3.63, 3.8) is 0 Å². The lowest BCUT2D eigenvalue weighted by Gasteiger charge is -2.32. The molecule has 21 heavy (non-hydrogen) atoms. The molecule has 0 radical (unpaired) electrons. The maximum Gasteiger partial charge on any atom is 0.0737 e. The van der Waals surface area contributed by atoms with Crippen molar-refractivity contribution in [3.05, 3.63) is 35.5 Å². The number of hydrogen-bond donors (Lipinski definition) is 1. The van der Waals surface area contributed by atoms with Crippen molar-refractivity contribution in [2.75, 3.05) is 18.0 Å². The predicted octanol–water partition coefficient (Wildman–Crippen LogP) is 3.99. The zero-order valence-electron chi connectivity index (χ0n) is 12.3. The molecule has 1 fully saturated rings. The van der Waals surface area contributed by atoms with Gasteiger partial charge in [-0.25, -0.2) is 0 Å². The molecule has 112 valence electrons. The van der Waals surface area contributed by atoms with Crippen molar-refractivity contribution >= 4 is 28.2 Å². The number of nitrogens with two attached hydrogens (primary N) is 1. The van der Waals surface area contributed by atoms with Crippen LogP contribution in [0.3, 0.4) is 0 Å². The second-order valence-electron chi connectivity index (χ2n) is 5.77. The van der Waals surface area contributed by atoms with Crippen LogP contribution in [0.5, 0.6) is 0 Å². The highest BCUT2D eigenvalue weighted by Crippen LogP contribution is 2.33. The van der Waals surface area contributed by atoms with Gasteiger partial charge < -0.3 is 10.6 Å². The summed E-state index contributed by atoms with van der Waals surface area (Å²) >= 11 is 6.09. The van der Waals surface area contributed by atoms with E-state index in [1.54, 1.807) is 0 Å². The molecule has 3 nitrogen and oxygen atoms in total. The van der Waals surface area contributed by atoms with Crippen molar-refractivity contribution in [2.24, 2.45) is 5.73 Å². The molecule has 0 saturated heterocycles. The molecular formula is C17H22ClN3. The number of anilines is 1. The van der Waals surface area contributed by atoms with Gasteiger partial charge in [0.05, 0.1) is 5.52 Å². The fourth-order valence-electron chi connectivity index (χ4n) is 3.33. The van der Waals surface area contributed by atoms with Crippen LogP contribution < -0.4 is 10.6 Å². The van der Waals surface area contributed by atoms with Crippen LogP contribution in [0.15, 0.2) is 30.5 Å². The summed E-state index contributed by atoms with van der Waals surface area (Å²) in [6.45, 7) is 1.75. The van der Waals surface area contributed by atoms with E-state index in [9.17, 15) is 0 Å². The monoisotopic (exact) mass is 303 g/mol. The molecule has 1 heterocycles. The molecule has 0 unspecified atom stereocenters. The van der Waals surface area contributed by atoms with Gasteiger partial charge >= 0.3 is 0 Å². The highest BCUT2D eigenvalue weighted by molar-refractivity contribution is 6.31. The number of nitrogens with zero attached hydrogens (tertiary/aromatic N) is 2. The van der Waals surface area contributed by atoms with Gasteiger partial charge in [-0.2, -0.15) is 0 Å². The first-order valence-electron chi connectivity index (χ1n) is 7.80. The Bertz CT molecular complexity index is 608. The molecule has 1 aliphatic rings. The maximum atomic E-state index is 6.09. The van der Waals surface area contributed by atoms with Gasteiger partial charge in [-0.05, 0) is 50.1 Å². The van der Waals surface area contributed by atoms with Gasteiger partial charge in [0.2, 0.25) is 0 Å². The molecule has 0 bridgehead atoms. The Labute approximate surface area is 131 Å². The second-order valence-corrected chi connectivity index (χ2v) is 6.20. The lowest BCUT2D eigenvalue weighted by atomic mass is 10.1. The minimum atomic E-state index is 0.637. The normalized spacial score (nSPS) is 15.7. The van der Waals surface area contributed by atoms with Crippen molar-refractivity contribution in [3.8, 4) is 0 Å². The smallest absolute Gasteiger partial charge is 0.0737 e. The summed E-state index contributed by atoms with van der Waals surface area (Å²) in [5, 5.41) is 1.92. The fourth-order valence-corrected chi connectivity index (χ4v) is 3.50. The van der Waals surface area contributed by atoms with Crippen LogP contribution in [-0.4, -0.2) is 24.1 Å². The van der Waals surface area contributed by atoms with E-state index >= 15 is 0 Å². The van der Waals surface area contributed by atoms with Crippen LogP contribution in [0.4, 0.5) is 5.69 Å². The average molecular weight is 304 g/mol. The van der Waals surface area contributed by atoms with Gasteiger partial charge in [0.1, 0.15) is 0 Å². The molecule has 3 rings (SSSR count). The van der Waals surface area contributed by atoms with Crippen LogP contribution in [-0.2, 0) is 0 Å². The number of halogens is 1. The first-order valence-corrected chi connectivity index (χ1v) is 8.18. The van der Waals surface area contributed by atoms with Gasteiger partial charge in [-0.3, -0.25) is 4.98 Å². The Morgan fingerprint density at radius 2 is 2.05 bits per heavy atom. The van der Waals surface area contributed by atoms with E-state index in [2.05, 4.69) is 22.0 Å². The Morgan fingerprint density at radius 1 is 1.24 bits per heavy atom. The van der Waals surface area contributed by atoms with Crippen LogP contribution in [0.2, 0.25) is 5.02 Å². The van der Waals surface area contributed by atoms with Gasteiger partial charge in [0, 0.05) is 34.9 Å². The van der Waals surface area contributed by atoms with Crippen molar-refractivity contribution in [2.45, 2.75) is 38.1 Å². The van der Waals surface area contributed by atoms with Gasteiger partial charge in [-0.1, -0.05) is 24.4 Å². The second kappa shape index (κ2) is 6.63.